The molecule has 0 aliphatic carbocycles. The molecule has 0 radical (unpaired) electrons. The van der Waals surface area contributed by atoms with Gasteiger partial charge in [0.1, 0.15) is 11.6 Å². The van der Waals surface area contributed by atoms with Gasteiger partial charge in [-0.3, -0.25) is 14.6 Å². The van der Waals surface area contributed by atoms with Gasteiger partial charge in [0.25, 0.3) is 5.56 Å². The number of hydrogen-bond acceptors (Lipinski definition) is 2. The minimum atomic E-state index is -0.285. The molecule has 4 nitrogen and oxygen atoms in total. The molecule has 0 aliphatic rings. The number of anilines is 1. The van der Waals surface area contributed by atoms with Gasteiger partial charge >= 0.3 is 0 Å². The lowest BCUT2D eigenvalue weighted by atomic mass is 10.2. The number of rotatable bonds is 2. The summed E-state index contributed by atoms with van der Waals surface area (Å²) in [6.45, 7) is 0.425. The molecule has 0 fully saturated rings. The molecule has 15 heavy (non-hydrogen) atoms. The molecule has 1 aromatic carbocycles. The fraction of sp³-hybridized carbons (Fsp3) is 0.100. The fourth-order valence-electron chi connectivity index (χ4n) is 1.35. The van der Waals surface area contributed by atoms with E-state index in [1.807, 2.05) is 0 Å². The van der Waals surface area contributed by atoms with E-state index in [-0.39, 0.29) is 11.4 Å². The Labute approximate surface area is 85.1 Å². The van der Waals surface area contributed by atoms with E-state index < -0.39 is 0 Å². The summed E-state index contributed by atoms with van der Waals surface area (Å²) < 4.78 is 14.1. The molecule has 0 unspecified atom stereocenters. The van der Waals surface area contributed by atoms with Crippen LogP contribution in [0.15, 0.2) is 35.1 Å². The second-order valence-corrected chi connectivity index (χ2v) is 3.26. The van der Waals surface area contributed by atoms with Gasteiger partial charge in [-0.05, 0) is 17.7 Å². The van der Waals surface area contributed by atoms with E-state index in [4.69, 9.17) is 5.73 Å². The normalized spacial score (nSPS) is 10.5. The number of halogens is 1. The third kappa shape index (κ3) is 2.07. The molecule has 1 aromatic heterocycles. The monoisotopic (exact) mass is 207 g/mol. The van der Waals surface area contributed by atoms with E-state index in [9.17, 15) is 9.18 Å². The largest absolute Gasteiger partial charge is 0.384 e. The lowest BCUT2D eigenvalue weighted by Gasteiger charge is -2.04. The highest BCUT2D eigenvalue weighted by molar-refractivity contribution is 5.28. The third-order valence-electron chi connectivity index (χ3n) is 2.09. The molecule has 2 rings (SSSR count). The van der Waals surface area contributed by atoms with Gasteiger partial charge in [-0.1, -0.05) is 12.1 Å². The number of benzene rings is 1. The van der Waals surface area contributed by atoms with Crippen molar-refractivity contribution in [1.29, 1.82) is 0 Å². The van der Waals surface area contributed by atoms with Gasteiger partial charge in [-0.15, -0.1) is 0 Å². The van der Waals surface area contributed by atoms with Gasteiger partial charge in [-0.25, -0.2) is 4.39 Å². The van der Waals surface area contributed by atoms with Gasteiger partial charge in [-0.2, -0.15) is 0 Å². The van der Waals surface area contributed by atoms with Crippen LogP contribution in [0.1, 0.15) is 5.56 Å². The molecule has 2 aromatic rings. The maximum absolute atomic E-state index is 12.6. The summed E-state index contributed by atoms with van der Waals surface area (Å²) in [6, 6.07) is 7.34. The summed E-state index contributed by atoms with van der Waals surface area (Å²) in [7, 11) is 0. The summed E-state index contributed by atoms with van der Waals surface area (Å²) >= 11 is 0. The zero-order valence-corrected chi connectivity index (χ0v) is 7.90. The summed E-state index contributed by atoms with van der Waals surface area (Å²) in [5.41, 5.74) is 6.21. The average Bonchev–Trinajstić information content (AvgIpc) is 2.49. The number of nitrogen functional groups attached to an aromatic ring is 1. The Morgan fingerprint density at radius 2 is 2.00 bits per heavy atom. The zero-order valence-electron chi connectivity index (χ0n) is 7.90. The predicted octanol–water partition coefficient (Wildman–Crippen LogP) is 0.946. The van der Waals surface area contributed by atoms with E-state index in [2.05, 4.69) is 5.10 Å². The van der Waals surface area contributed by atoms with E-state index in [1.165, 1.54) is 22.9 Å². The van der Waals surface area contributed by atoms with Crippen molar-refractivity contribution in [3.63, 3.8) is 0 Å². The molecule has 0 aliphatic heterocycles. The molecule has 3 N–H and O–H groups in total. The first-order chi connectivity index (χ1) is 7.15. The molecule has 0 spiro atoms. The minimum absolute atomic E-state index is 0.241. The number of H-pyrrole nitrogens is 1. The highest BCUT2D eigenvalue weighted by Crippen LogP contribution is 2.06. The lowest BCUT2D eigenvalue weighted by Crippen LogP contribution is -2.08. The van der Waals surface area contributed by atoms with Crippen LogP contribution < -0.4 is 11.3 Å². The Morgan fingerprint density at radius 3 is 2.53 bits per heavy atom. The van der Waals surface area contributed by atoms with Gasteiger partial charge in [0, 0.05) is 6.07 Å². The predicted molar refractivity (Wildman–Crippen MR) is 55.0 cm³/mol. The Balaban J connectivity index is 2.25. The summed E-state index contributed by atoms with van der Waals surface area (Å²) in [6.07, 6.45) is 0. The van der Waals surface area contributed by atoms with Crippen LogP contribution in [0, 0.1) is 5.82 Å². The molecule has 78 valence electrons. The van der Waals surface area contributed by atoms with Crippen LogP contribution >= 0.6 is 0 Å². The Bertz CT molecular complexity index is 512. The summed E-state index contributed by atoms with van der Waals surface area (Å²) in [5, 5.41) is 2.55. The van der Waals surface area contributed by atoms with Crippen LogP contribution in [0.4, 0.5) is 10.2 Å². The number of hydrogen-bond donors (Lipinski definition) is 2. The Morgan fingerprint density at radius 1 is 1.33 bits per heavy atom. The van der Waals surface area contributed by atoms with Gasteiger partial charge in [0.05, 0.1) is 6.54 Å². The second-order valence-electron chi connectivity index (χ2n) is 3.26. The topological polar surface area (TPSA) is 63.8 Å². The maximum Gasteiger partial charge on any atom is 0.266 e. The summed E-state index contributed by atoms with van der Waals surface area (Å²) in [4.78, 5) is 10.9. The van der Waals surface area contributed by atoms with Crippen molar-refractivity contribution < 1.29 is 4.39 Å². The molecular weight excluding hydrogens is 197 g/mol. The molecule has 0 saturated carbocycles. The lowest BCUT2D eigenvalue weighted by molar-refractivity contribution is 0.624. The Kier molecular flexibility index (Phi) is 2.29. The van der Waals surface area contributed by atoms with Crippen molar-refractivity contribution in [3.8, 4) is 0 Å². The smallest absolute Gasteiger partial charge is 0.266 e. The fourth-order valence-corrected chi connectivity index (χ4v) is 1.35. The van der Waals surface area contributed by atoms with Crippen molar-refractivity contribution >= 4 is 5.82 Å². The maximum atomic E-state index is 12.6. The zero-order chi connectivity index (χ0) is 10.8. The number of aromatic amines is 1. The van der Waals surface area contributed by atoms with Crippen LogP contribution in [0.2, 0.25) is 0 Å². The quantitative estimate of drug-likeness (QED) is 0.769. The van der Waals surface area contributed by atoms with Crippen molar-refractivity contribution in [2.24, 2.45) is 0 Å². The highest BCUT2D eigenvalue weighted by Gasteiger charge is 2.01. The molecule has 1 heterocycles. The standard InChI is InChI=1S/C10H10FN3O/c11-8-3-1-7(2-4-8)6-14-9(12)5-10(15)13-14/h1-5H,6,12H2,(H,13,15). The average molecular weight is 207 g/mol. The SMILES string of the molecule is Nc1cc(=O)[nH]n1Cc1ccc(F)cc1. The van der Waals surface area contributed by atoms with E-state index in [0.717, 1.165) is 5.56 Å². The molecule has 0 atom stereocenters. The highest BCUT2D eigenvalue weighted by atomic mass is 19.1. The third-order valence-corrected chi connectivity index (χ3v) is 2.09. The van der Waals surface area contributed by atoms with E-state index >= 15 is 0 Å². The number of aromatic nitrogens is 2. The first-order valence-corrected chi connectivity index (χ1v) is 4.45. The second kappa shape index (κ2) is 3.61. The molecule has 0 amide bonds. The van der Waals surface area contributed by atoms with Crippen LogP contribution in [0.25, 0.3) is 0 Å². The van der Waals surface area contributed by atoms with E-state index in [1.54, 1.807) is 12.1 Å². The van der Waals surface area contributed by atoms with Gasteiger partial charge in [0.15, 0.2) is 0 Å². The van der Waals surface area contributed by atoms with Crippen LogP contribution in [0.5, 0.6) is 0 Å². The van der Waals surface area contributed by atoms with Crippen LogP contribution in [-0.2, 0) is 6.54 Å². The van der Waals surface area contributed by atoms with Gasteiger partial charge < -0.3 is 5.73 Å². The van der Waals surface area contributed by atoms with E-state index in [0.29, 0.717) is 12.4 Å². The summed E-state index contributed by atoms with van der Waals surface area (Å²) in [5.74, 6) is 0.0806. The van der Waals surface area contributed by atoms with Crippen molar-refractivity contribution in [2.45, 2.75) is 6.54 Å². The van der Waals surface area contributed by atoms with Crippen LogP contribution in [0.3, 0.4) is 0 Å². The first kappa shape index (κ1) is 9.51. The number of nitrogens with zero attached hydrogens (tertiary/aromatic N) is 1. The van der Waals surface area contributed by atoms with Crippen LogP contribution in [-0.4, -0.2) is 9.78 Å². The van der Waals surface area contributed by atoms with Crippen molar-refractivity contribution in [3.05, 3.63) is 52.1 Å². The first-order valence-electron chi connectivity index (χ1n) is 4.45. The number of nitrogens with two attached hydrogens (primary N) is 1. The van der Waals surface area contributed by atoms with Gasteiger partial charge in [0.2, 0.25) is 0 Å². The molecule has 0 bridgehead atoms. The Hall–Kier alpha value is -2.04. The molecule has 0 saturated heterocycles. The van der Waals surface area contributed by atoms with Crippen molar-refractivity contribution in [2.75, 3.05) is 5.73 Å². The minimum Gasteiger partial charge on any atom is -0.384 e. The number of nitrogens with one attached hydrogen (secondary N) is 1. The van der Waals surface area contributed by atoms with Crippen molar-refractivity contribution in [1.82, 2.24) is 9.78 Å². The molecular formula is C10H10FN3O. The molecule has 5 heteroatoms.